The van der Waals surface area contributed by atoms with Crippen LogP contribution in [-0.2, 0) is 11.3 Å². The van der Waals surface area contributed by atoms with Crippen molar-refractivity contribution in [3.05, 3.63) is 27.7 Å². The molecule has 0 aromatic heterocycles. The molecule has 0 bridgehead atoms. The largest absolute Gasteiger partial charge is 0.466 e. The molecular formula is C14H19Cl2NO2. The number of hydrogen-bond acceptors (Lipinski definition) is 3. The van der Waals surface area contributed by atoms with Gasteiger partial charge in [0.25, 0.3) is 0 Å². The average molecular weight is 304 g/mol. The van der Waals surface area contributed by atoms with E-state index in [1.165, 1.54) is 12.8 Å². The molecule has 0 saturated heterocycles. The standard InChI is InChI=1S/C14H19Cl2NO2/c1-2-17-7-11-5-12(15)6-13(16)14(11)19-9-18-8-10-3-4-10/h5-6,10,17H,2-4,7-9H2,1H3. The second kappa shape index (κ2) is 7.34. The maximum absolute atomic E-state index is 6.17. The molecule has 1 aromatic rings. The van der Waals surface area contributed by atoms with E-state index in [-0.39, 0.29) is 6.79 Å². The maximum atomic E-state index is 6.17. The van der Waals surface area contributed by atoms with Gasteiger partial charge in [-0.25, -0.2) is 0 Å². The fourth-order valence-electron chi connectivity index (χ4n) is 1.77. The number of rotatable bonds is 8. The smallest absolute Gasteiger partial charge is 0.189 e. The summed E-state index contributed by atoms with van der Waals surface area (Å²) in [6.45, 7) is 4.60. The first kappa shape index (κ1) is 14.9. The summed E-state index contributed by atoms with van der Waals surface area (Å²) in [5.74, 6) is 1.38. The Hall–Kier alpha value is -0.480. The van der Waals surface area contributed by atoms with Crippen LogP contribution in [0.1, 0.15) is 25.3 Å². The van der Waals surface area contributed by atoms with Crippen molar-refractivity contribution in [2.24, 2.45) is 5.92 Å². The zero-order chi connectivity index (χ0) is 13.7. The van der Waals surface area contributed by atoms with E-state index in [1.54, 1.807) is 6.07 Å². The molecule has 0 atom stereocenters. The highest BCUT2D eigenvalue weighted by Crippen LogP contribution is 2.33. The van der Waals surface area contributed by atoms with Crippen molar-refractivity contribution in [3.8, 4) is 5.75 Å². The van der Waals surface area contributed by atoms with E-state index in [0.29, 0.717) is 22.3 Å². The molecule has 106 valence electrons. The van der Waals surface area contributed by atoms with E-state index in [4.69, 9.17) is 32.7 Å². The van der Waals surface area contributed by atoms with Gasteiger partial charge < -0.3 is 14.8 Å². The minimum atomic E-state index is 0.233. The third-order valence-corrected chi connectivity index (χ3v) is 3.49. The van der Waals surface area contributed by atoms with Crippen LogP contribution < -0.4 is 10.1 Å². The molecule has 5 heteroatoms. The molecule has 0 radical (unpaired) electrons. The Morgan fingerprint density at radius 1 is 1.32 bits per heavy atom. The normalized spacial score (nSPS) is 14.7. The van der Waals surface area contributed by atoms with Gasteiger partial charge in [-0.15, -0.1) is 0 Å². The third-order valence-electron chi connectivity index (χ3n) is 2.99. The minimum absolute atomic E-state index is 0.233. The average Bonchev–Trinajstić information content (AvgIpc) is 3.18. The van der Waals surface area contributed by atoms with Crippen LogP contribution in [0.3, 0.4) is 0 Å². The van der Waals surface area contributed by atoms with Crippen LogP contribution in [0.25, 0.3) is 0 Å². The Morgan fingerprint density at radius 3 is 2.79 bits per heavy atom. The molecule has 1 saturated carbocycles. The van der Waals surface area contributed by atoms with Crippen LogP contribution in [0, 0.1) is 5.92 Å². The summed E-state index contributed by atoms with van der Waals surface area (Å²) < 4.78 is 11.1. The predicted octanol–water partition coefficient (Wildman–Crippen LogP) is 3.87. The van der Waals surface area contributed by atoms with E-state index in [0.717, 1.165) is 24.6 Å². The van der Waals surface area contributed by atoms with Crippen LogP contribution in [0.15, 0.2) is 12.1 Å². The molecular weight excluding hydrogens is 285 g/mol. The zero-order valence-corrected chi connectivity index (χ0v) is 12.6. The van der Waals surface area contributed by atoms with Crippen LogP contribution >= 0.6 is 23.2 Å². The summed E-state index contributed by atoms with van der Waals surface area (Å²) in [7, 11) is 0. The number of ether oxygens (including phenoxy) is 2. The van der Waals surface area contributed by atoms with Gasteiger partial charge in [0.1, 0.15) is 5.75 Å². The van der Waals surface area contributed by atoms with Crippen molar-refractivity contribution in [2.75, 3.05) is 19.9 Å². The first-order chi connectivity index (χ1) is 9.20. The van der Waals surface area contributed by atoms with Gasteiger partial charge in [0.2, 0.25) is 0 Å². The molecule has 3 nitrogen and oxygen atoms in total. The first-order valence-electron chi connectivity index (χ1n) is 6.60. The summed E-state index contributed by atoms with van der Waals surface area (Å²) in [5.41, 5.74) is 0.953. The van der Waals surface area contributed by atoms with Gasteiger partial charge in [-0.1, -0.05) is 30.1 Å². The molecule has 0 aliphatic heterocycles. The highest BCUT2D eigenvalue weighted by atomic mass is 35.5. The highest BCUT2D eigenvalue weighted by molar-refractivity contribution is 6.35. The van der Waals surface area contributed by atoms with Crippen molar-refractivity contribution in [3.63, 3.8) is 0 Å². The highest BCUT2D eigenvalue weighted by Gasteiger charge is 2.21. The van der Waals surface area contributed by atoms with Gasteiger partial charge in [0, 0.05) is 17.1 Å². The molecule has 1 aliphatic rings. The van der Waals surface area contributed by atoms with Gasteiger partial charge >= 0.3 is 0 Å². The molecule has 2 rings (SSSR count). The van der Waals surface area contributed by atoms with E-state index < -0.39 is 0 Å². The van der Waals surface area contributed by atoms with Crippen LogP contribution in [0.5, 0.6) is 5.75 Å². The van der Waals surface area contributed by atoms with E-state index in [2.05, 4.69) is 5.32 Å². The predicted molar refractivity (Wildman–Crippen MR) is 78.0 cm³/mol. The Kier molecular flexibility index (Phi) is 5.76. The SMILES string of the molecule is CCNCc1cc(Cl)cc(Cl)c1OCOCC1CC1. The van der Waals surface area contributed by atoms with Gasteiger partial charge in [-0.05, 0) is 37.4 Å². The van der Waals surface area contributed by atoms with Crippen LogP contribution in [-0.4, -0.2) is 19.9 Å². The van der Waals surface area contributed by atoms with Crippen molar-refractivity contribution >= 4 is 23.2 Å². The summed E-state index contributed by atoms with van der Waals surface area (Å²) in [4.78, 5) is 0. The molecule has 1 aliphatic carbocycles. The molecule has 0 unspecified atom stereocenters. The molecule has 0 spiro atoms. The Labute approximate surface area is 124 Å². The lowest BCUT2D eigenvalue weighted by molar-refractivity contribution is 0.00947. The summed E-state index contributed by atoms with van der Waals surface area (Å²) in [6, 6.07) is 3.56. The third kappa shape index (κ3) is 4.84. The lowest BCUT2D eigenvalue weighted by Gasteiger charge is -2.14. The number of hydrogen-bond donors (Lipinski definition) is 1. The fourth-order valence-corrected chi connectivity index (χ4v) is 2.36. The Morgan fingerprint density at radius 2 is 2.11 bits per heavy atom. The Balaban J connectivity index is 1.94. The number of benzene rings is 1. The minimum Gasteiger partial charge on any atom is -0.466 e. The van der Waals surface area contributed by atoms with Crippen molar-refractivity contribution in [2.45, 2.75) is 26.3 Å². The molecule has 0 amide bonds. The van der Waals surface area contributed by atoms with E-state index >= 15 is 0 Å². The van der Waals surface area contributed by atoms with E-state index in [9.17, 15) is 0 Å². The van der Waals surface area contributed by atoms with Gasteiger partial charge in [0.05, 0.1) is 11.6 Å². The van der Waals surface area contributed by atoms with Gasteiger partial charge in [-0.3, -0.25) is 0 Å². The Bertz CT molecular complexity index is 422. The molecule has 19 heavy (non-hydrogen) atoms. The second-order valence-corrected chi connectivity index (χ2v) is 5.58. The lowest BCUT2D eigenvalue weighted by atomic mass is 10.2. The molecule has 0 heterocycles. The fraction of sp³-hybridized carbons (Fsp3) is 0.571. The van der Waals surface area contributed by atoms with Crippen molar-refractivity contribution in [1.29, 1.82) is 0 Å². The van der Waals surface area contributed by atoms with Gasteiger partial charge in [0.15, 0.2) is 6.79 Å². The number of halogens is 2. The van der Waals surface area contributed by atoms with Crippen LogP contribution in [0.2, 0.25) is 10.0 Å². The summed E-state index contributed by atoms with van der Waals surface area (Å²) in [6.07, 6.45) is 2.54. The molecule has 1 fully saturated rings. The quantitative estimate of drug-likeness (QED) is 0.584. The maximum Gasteiger partial charge on any atom is 0.189 e. The molecule has 1 N–H and O–H groups in total. The van der Waals surface area contributed by atoms with Crippen molar-refractivity contribution in [1.82, 2.24) is 5.32 Å². The second-order valence-electron chi connectivity index (χ2n) is 4.73. The van der Waals surface area contributed by atoms with E-state index in [1.807, 2.05) is 13.0 Å². The number of nitrogens with one attached hydrogen (secondary N) is 1. The molecule has 1 aromatic carbocycles. The summed E-state index contributed by atoms with van der Waals surface area (Å²) in [5, 5.41) is 4.38. The lowest BCUT2D eigenvalue weighted by Crippen LogP contribution is -2.14. The van der Waals surface area contributed by atoms with Crippen molar-refractivity contribution < 1.29 is 9.47 Å². The topological polar surface area (TPSA) is 30.5 Å². The van der Waals surface area contributed by atoms with Gasteiger partial charge in [-0.2, -0.15) is 0 Å². The monoisotopic (exact) mass is 303 g/mol. The zero-order valence-electron chi connectivity index (χ0n) is 11.0. The first-order valence-corrected chi connectivity index (χ1v) is 7.35. The van der Waals surface area contributed by atoms with Crippen LogP contribution in [0.4, 0.5) is 0 Å². The summed E-state index contributed by atoms with van der Waals surface area (Å²) >= 11 is 12.2.